The van der Waals surface area contributed by atoms with E-state index in [0.29, 0.717) is 0 Å². The molecule has 0 bridgehead atoms. The number of nitrogens with zero attached hydrogens (tertiary/aromatic N) is 4. The van der Waals surface area contributed by atoms with Crippen molar-refractivity contribution in [2.24, 2.45) is 4.99 Å². The van der Waals surface area contributed by atoms with Gasteiger partial charge in [0.25, 0.3) is 0 Å². The SMILES string of the molecule is F[N+]1(F)n2cc3ccccc3c2N=C2c3ccccc3C=[N+]21. The van der Waals surface area contributed by atoms with Crippen LogP contribution in [-0.2, 0) is 0 Å². The van der Waals surface area contributed by atoms with Crippen molar-refractivity contribution in [2.75, 3.05) is 0 Å². The second-order valence-corrected chi connectivity index (χ2v) is 5.34. The van der Waals surface area contributed by atoms with E-state index in [1.807, 2.05) is 48.5 Å². The van der Waals surface area contributed by atoms with Crippen LogP contribution in [0.15, 0.2) is 59.7 Å². The molecule has 3 heterocycles. The average Bonchev–Trinajstić information content (AvgIpc) is 3.08. The van der Waals surface area contributed by atoms with Crippen molar-refractivity contribution in [3.8, 4) is 0 Å². The Kier molecular flexibility index (Phi) is 1.96. The Morgan fingerprint density at radius 2 is 1.77 bits per heavy atom. The lowest BCUT2D eigenvalue weighted by molar-refractivity contribution is -0.733. The number of rotatable bonds is 0. The Hall–Kier alpha value is -2.86. The molecule has 0 N–H and O–H groups in total. The van der Waals surface area contributed by atoms with Crippen LogP contribution >= 0.6 is 0 Å². The maximum atomic E-state index is 14.9. The van der Waals surface area contributed by atoms with Crippen LogP contribution in [0.1, 0.15) is 11.1 Å². The molecule has 22 heavy (non-hydrogen) atoms. The number of halogens is 2. The first kappa shape index (κ1) is 11.8. The Labute approximate surface area is 123 Å². The highest BCUT2D eigenvalue weighted by Crippen LogP contribution is 2.37. The molecule has 0 unspecified atom stereocenters. The highest BCUT2D eigenvalue weighted by molar-refractivity contribution is 6.09. The molecular formula is C16H10F2N4+2. The summed E-state index contributed by atoms with van der Waals surface area (Å²) < 4.78 is 31.5. The lowest BCUT2D eigenvalue weighted by Crippen LogP contribution is -2.54. The van der Waals surface area contributed by atoms with E-state index in [-0.39, 0.29) is 11.7 Å². The molecule has 0 spiro atoms. The molecule has 5 rings (SSSR count). The van der Waals surface area contributed by atoms with Crippen molar-refractivity contribution in [3.63, 3.8) is 0 Å². The van der Waals surface area contributed by atoms with Crippen LogP contribution < -0.4 is 5.15 Å². The summed E-state index contributed by atoms with van der Waals surface area (Å²) in [6, 6.07) is 14.6. The van der Waals surface area contributed by atoms with Gasteiger partial charge in [-0.05, 0) is 21.8 Å². The number of hydrogen-bond acceptors (Lipinski definition) is 1. The molecule has 1 aromatic heterocycles. The van der Waals surface area contributed by atoms with Gasteiger partial charge in [0.15, 0.2) is 6.21 Å². The van der Waals surface area contributed by atoms with Crippen molar-refractivity contribution in [3.05, 3.63) is 65.9 Å². The Morgan fingerprint density at radius 3 is 2.68 bits per heavy atom. The highest BCUT2D eigenvalue weighted by atomic mass is 19.4. The van der Waals surface area contributed by atoms with E-state index in [9.17, 15) is 8.96 Å². The largest absolute Gasteiger partial charge is 0.393 e. The van der Waals surface area contributed by atoms with Crippen LogP contribution in [0, 0.1) is 0 Å². The number of amidine groups is 1. The normalized spacial score (nSPS) is 17.5. The van der Waals surface area contributed by atoms with Gasteiger partial charge in [0.2, 0.25) is 0 Å². The molecule has 2 aliphatic heterocycles. The molecule has 6 heteroatoms. The van der Waals surface area contributed by atoms with E-state index in [4.69, 9.17) is 0 Å². The summed E-state index contributed by atoms with van der Waals surface area (Å²) in [6.45, 7) is 0. The molecule has 0 aliphatic carbocycles. The molecule has 0 saturated carbocycles. The van der Waals surface area contributed by atoms with Crippen LogP contribution in [0.25, 0.3) is 10.8 Å². The minimum Gasteiger partial charge on any atom is -0.0616 e. The zero-order chi connectivity index (χ0) is 14.9. The van der Waals surface area contributed by atoms with E-state index < -0.39 is 5.15 Å². The average molecular weight is 296 g/mol. The molecule has 2 aliphatic rings. The van der Waals surface area contributed by atoms with Gasteiger partial charge in [-0.1, -0.05) is 36.4 Å². The fourth-order valence-corrected chi connectivity index (χ4v) is 3.05. The first-order chi connectivity index (χ1) is 10.7. The van der Waals surface area contributed by atoms with E-state index >= 15 is 0 Å². The Bertz CT molecular complexity index is 1010. The number of benzene rings is 2. The molecule has 0 fully saturated rings. The number of fused-ring (bicyclic) bond motifs is 6. The van der Waals surface area contributed by atoms with Gasteiger partial charge < -0.3 is 0 Å². The quantitative estimate of drug-likeness (QED) is 0.448. The third-order valence-electron chi connectivity index (χ3n) is 4.09. The highest BCUT2D eigenvalue weighted by Gasteiger charge is 2.57. The number of aliphatic imine (C=N–C) groups is 1. The van der Waals surface area contributed by atoms with Crippen LogP contribution in [-0.4, -0.2) is 21.4 Å². The smallest absolute Gasteiger partial charge is 0.0616 e. The lowest BCUT2D eigenvalue weighted by Gasteiger charge is -2.13. The lowest BCUT2D eigenvalue weighted by atomic mass is 10.1. The molecule has 2 aromatic carbocycles. The van der Waals surface area contributed by atoms with Crippen molar-refractivity contribution >= 4 is 28.6 Å². The molecule has 0 atom stereocenters. The third kappa shape index (κ3) is 1.28. The van der Waals surface area contributed by atoms with Crippen LogP contribution in [0.5, 0.6) is 0 Å². The predicted octanol–water partition coefficient (Wildman–Crippen LogP) is 3.30. The zero-order valence-corrected chi connectivity index (χ0v) is 11.3. The number of hydrogen-bond donors (Lipinski definition) is 0. The van der Waals surface area contributed by atoms with Crippen molar-refractivity contribution in [1.29, 1.82) is 0 Å². The van der Waals surface area contributed by atoms with Gasteiger partial charge in [0.05, 0.1) is 17.1 Å². The van der Waals surface area contributed by atoms with Crippen LogP contribution in [0.3, 0.4) is 0 Å². The summed E-state index contributed by atoms with van der Waals surface area (Å²) in [5.41, 5.74) is 1.46. The van der Waals surface area contributed by atoms with E-state index in [1.54, 1.807) is 0 Å². The molecule has 106 valence electrons. The standard InChI is InChI=1S/C16H10F2N4/c17-22(18)20-9-11-5-1-3-7-13(11)15(20)19-16-14-8-4-2-6-12(14)10-21(16)22/h1-10H/q+2. The van der Waals surface area contributed by atoms with E-state index in [0.717, 1.165) is 31.3 Å². The number of quaternary nitrogens is 1. The van der Waals surface area contributed by atoms with Gasteiger partial charge >= 0.3 is 16.8 Å². The van der Waals surface area contributed by atoms with Crippen LogP contribution in [0.2, 0.25) is 0 Å². The monoisotopic (exact) mass is 296 g/mol. The number of aromatic nitrogens is 1. The first-order valence-electron chi connectivity index (χ1n) is 6.88. The Morgan fingerprint density at radius 1 is 1.00 bits per heavy atom. The Balaban J connectivity index is 1.90. The van der Waals surface area contributed by atoms with Gasteiger partial charge in [-0.2, -0.15) is 0 Å². The van der Waals surface area contributed by atoms with Gasteiger partial charge in [-0.15, -0.1) is 0 Å². The second-order valence-electron chi connectivity index (χ2n) is 5.34. The summed E-state index contributed by atoms with van der Waals surface area (Å²) >= 11 is 0. The molecular weight excluding hydrogens is 286 g/mol. The van der Waals surface area contributed by atoms with Crippen molar-refractivity contribution in [1.82, 2.24) is 9.82 Å². The summed E-state index contributed by atoms with van der Waals surface area (Å²) in [7, 11) is 0. The van der Waals surface area contributed by atoms with Gasteiger partial charge in [0.1, 0.15) is 8.96 Å². The fraction of sp³-hybridized carbons (Fsp3) is 0. The first-order valence-corrected chi connectivity index (χ1v) is 6.88. The van der Waals surface area contributed by atoms with Gasteiger partial charge in [-0.3, -0.25) is 0 Å². The molecule has 3 aromatic rings. The van der Waals surface area contributed by atoms with Gasteiger partial charge in [-0.25, -0.2) is 0 Å². The van der Waals surface area contributed by atoms with Crippen molar-refractivity contribution < 1.29 is 13.6 Å². The minimum atomic E-state index is -2.42. The predicted molar refractivity (Wildman–Crippen MR) is 79.8 cm³/mol. The van der Waals surface area contributed by atoms with E-state index in [2.05, 4.69) is 4.99 Å². The van der Waals surface area contributed by atoms with Crippen LogP contribution in [0.4, 0.5) is 14.8 Å². The summed E-state index contributed by atoms with van der Waals surface area (Å²) in [4.78, 5) is 4.51. The van der Waals surface area contributed by atoms with Crippen molar-refractivity contribution in [2.45, 2.75) is 0 Å². The summed E-state index contributed by atoms with van der Waals surface area (Å²) in [5, 5.41) is -0.955. The second kappa shape index (κ2) is 3.66. The molecule has 4 nitrogen and oxygen atoms in total. The third-order valence-corrected chi connectivity index (χ3v) is 4.09. The fourth-order valence-electron chi connectivity index (χ4n) is 3.05. The zero-order valence-electron chi connectivity index (χ0n) is 11.3. The summed E-state index contributed by atoms with van der Waals surface area (Å²) in [5.74, 6) is 0.550. The van der Waals surface area contributed by atoms with E-state index in [1.165, 1.54) is 12.4 Å². The molecule has 0 amide bonds. The minimum absolute atomic E-state index is 0.275. The molecule has 0 radical (unpaired) electrons. The maximum absolute atomic E-state index is 14.9. The van der Waals surface area contributed by atoms with Gasteiger partial charge in [0, 0.05) is 15.6 Å². The summed E-state index contributed by atoms with van der Waals surface area (Å²) in [6.07, 6.45) is 2.86. The molecule has 0 saturated heterocycles. The topological polar surface area (TPSA) is 20.3 Å². The maximum Gasteiger partial charge on any atom is 0.393 e.